The van der Waals surface area contributed by atoms with Crippen LogP contribution in [0.4, 0.5) is 11.9 Å². The van der Waals surface area contributed by atoms with Crippen LogP contribution in [0.5, 0.6) is 11.5 Å². The molecule has 102 heavy (non-hydrogen) atoms. The Hall–Kier alpha value is -9.41. The van der Waals surface area contributed by atoms with E-state index in [9.17, 15) is 49.5 Å². The molecule has 6 aliphatic rings. The summed E-state index contributed by atoms with van der Waals surface area (Å²) in [5.41, 5.74) is -6.63. The molecule has 27 nitrogen and oxygen atoms in total. The van der Waals surface area contributed by atoms with Crippen molar-refractivity contribution in [3.05, 3.63) is 147 Å². The van der Waals surface area contributed by atoms with E-state index in [0.717, 1.165) is 12.5 Å². The number of ketones is 1. The van der Waals surface area contributed by atoms with Crippen molar-refractivity contribution in [3.63, 3.8) is 0 Å². The number of phenolic OH excluding ortho intramolecular Hbond substituents is 2. The molecule has 2 bridgehead atoms. The number of carbonyl (C=O) groups is 6. The molecule has 11 atom stereocenters. The lowest BCUT2D eigenvalue weighted by molar-refractivity contribution is -0.346. The monoisotopic (exact) mass is 1400 g/mol. The summed E-state index contributed by atoms with van der Waals surface area (Å²) in [6.07, 6.45) is -9.47. The standard InChI is InChI=1S/C75H89N9O18/c1-41(2)49-33-51(53(87)35-52(49)86)64-79-80-70(95)84(64)48-23-21-44(22-24-48)38-81-29-31-83(32-30-81)69-77-40-76-68(78-69)82-27-25-47(26-28-82)65(92)99-60(50(45-17-13-11-14-18-45)34-57(89)102-71(5,6)7)67(94)98-54-37-75(96)63(100-66(93)46-19-15-12-16-20-46)61-73(10,62(91)59(90)58(42(54)3)72(75,8)9)55(88)36-56-74(61,39-97-56)101-43(4)85/h11-24,33,35,40-41,47,50,54-56,59-61,63,86-88,90,96H,25-32,34,36-39H2,1-10H3,(H,80,95)/t50-,54-,55-,56+,59+,60+,61-,63-,73+,74-,75+/m0/s1. The van der Waals surface area contributed by atoms with Crippen LogP contribution in [0.25, 0.3) is 17.1 Å². The number of benzene rings is 4. The van der Waals surface area contributed by atoms with Crippen LogP contribution >= 0.6 is 0 Å². The molecular weight excluding hydrogens is 1310 g/mol. The summed E-state index contributed by atoms with van der Waals surface area (Å²) in [5.74, 6) is -8.24. The minimum absolute atomic E-state index is 0.0494. The van der Waals surface area contributed by atoms with Gasteiger partial charge in [-0.05, 0) is 112 Å². The van der Waals surface area contributed by atoms with Crippen molar-refractivity contribution in [2.45, 2.75) is 173 Å². The van der Waals surface area contributed by atoms with Gasteiger partial charge in [0.25, 0.3) is 0 Å². The molecule has 3 saturated heterocycles. The van der Waals surface area contributed by atoms with E-state index in [1.165, 1.54) is 42.9 Å². The third kappa shape index (κ3) is 13.6. The third-order valence-electron chi connectivity index (χ3n) is 21.6. The number of phenols is 2. The minimum Gasteiger partial charge on any atom is -0.508 e. The van der Waals surface area contributed by atoms with E-state index in [1.54, 1.807) is 89.2 Å². The van der Waals surface area contributed by atoms with Crippen molar-refractivity contribution < 1.29 is 82.7 Å². The quantitative estimate of drug-likeness (QED) is 0.0301. The molecular formula is C75H89N9O18. The number of aromatic amines is 1. The second-order valence-electron chi connectivity index (χ2n) is 29.8. The van der Waals surface area contributed by atoms with E-state index in [0.29, 0.717) is 80.1 Å². The molecule has 0 amide bonds. The number of hydrogen-bond acceptors (Lipinski definition) is 25. The van der Waals surface area contributed by atoms with E-state index in [4.69, 9.17) is 33.4 Å². The largest absolute Gasteiger partial charge is 0.508 e. The molecule has 12 rings (SSSR count). The number of Topliss-reactive ketones (excluding diaryl/α,β-unsaturated/α-hetero) is 1. The Balaban J connectivity index is 0.769. The summed E-state index contributed by atoms with van der Waals surface area (Å²) in [5, 5.41) is 66.9. The van der Waals surface area contributed by atoms with Crippen LogP contribution in [0.1, 0.15) is 140 Å². The number of anilines is 2. The number of aromatic nitrogens is 6. The number of ether oxygens (including phenoxy) is 6. The number of nitrogens with zero attached hydrogens (tertiary/aromatic N) is 8. The molecule has 27 heteroatoms. The van der Waals surface area contributed by atoms with Gasteiger partial charge < -0.3 is 63.8 Å². The first-order valence-electron chi connectivity index (χ1n) is 34.7. The fourth-order valence-corrected chi connectivity index (χ4v) is 16.1. The molecule has 5 heterocycles. The average Bonchev–Trinajstić information content (AvgIpc) is 0.723. The van der Waals surface area contributed by atoms with Crippen molar-refractivity contribution >= 4 is 47.5 Å². The Bertz CT molecular complexity index is 4260. The summed E-state index contributed by atoms with van der Waals surface area (Å²) in [4.78, 5) is 121. The molecule has 4 aromatic carbocycles. The molecule has 542 valence electrons. The van der Waals surface area contributed by atoms with Crippen LogP contribution in [0.15, 0.2) is 119 Å². The highest BCUT2D eigenvalue weighted by molar-refractivity contribution is 5.94. The number of nitrogens with one attached hydrogen (secondary N) is 1. The van der Waals surface area contributed by atoms with Crippen LogP contribution in [-0.2, 0) is 58.9 Å². The van der Waals surface area contributed by atoms with Gasteiger partial charge >= 0.3 is 35.5 Å². The van der Waals surface area contributed by atoms with Gasteiger partial charge in [0.2, 0.25) is 18.0 Å². The topological polar surface area (TPSA) is 358 Å². The number of H-pyrrole nitrogens is 1. The maximum absolute atomic E-state index is 15.7. The molecule has 2 aromatic heterocycles. The number of fused-ring (bicyclic) bond motifs is 5. The van der Waals surface area contributed by atoms with Gasteiger partial charge in [-0.2, -0.15) is 10.1 Å². The number of piperazine rings is 1. The Morgan fingerprint density at radius 2 is 1.45 bits per heavy atom. The van der Waals surface area contributed by atoms with E-state index in [1.807, 2.05) is 43.0 Å². The third-order valence-corrected chi connectivity index (χ3v) is 21.6. The molecule has 0 radical (unpaired) electrons. The normalized spacial score (nSPS) is 26.5. The highest BCUT2D eigenvalue weighted by atomic mass is 16.6. The van der Waals surface area contributed by atoms with Crippen molar-refractivity contribution in [2.24, 2.45) is 22.7 Å². The summed E-state index contributed by atoms with van der Waals surface area (Å²) in [6, 6.07) is 26.7. The molecule has 3 aliphatic heterocycles. The van der Waals surface area contributed by atoms with Crippen molar-refractivity contribution in [1.29, 1.82) is 0 Å². The summed E-state index contributed by atoms with van der Waals surface area (Å²) in [6.45, 7) is 19.5. The summed E-state index contributed by atoms with van der Waals surface area (Å²) < 4.78 is 38.8. The number of aromatic hydroxyl groups is 2. The Labute approximate surface area is 589 Å². The number of carbonyl (C=O) groups excluding carboxylic acids is 6. The molecule has 0 spiro atoms. The lowest BCUT2D eigenvalue weighted by Gasteiger charge is -2.67. The predicted molar refractivity (Wildman–Crippen MR) is 368 cm³/mol. The van der Waals surface area contributed by atoms with Gasteiger partial charge in [0, 0.05) is 83.0 Å². The first kappa shape index (κ1) is 72.4. The second-order valence-corrected chi connectivity index (χ2v) is 29.8. The van der Waals surface area contributed by atoms with E-state index in [-0.39, 0.29) is 65.8 Å². The number of aliphatic hydroxyl groups is 3. The lowest BCUT2D eigenvalue weighted by atomic mass is 9.44. The Morgan fingerprint density at radius 3 is 2.06 bits per heavy atom. The SMILES string of the molecule is CC(=O)O[C@@]12CO[C@@H]1C[C@H](O)[C@@]1(C)C(=O)[C@H](O)C3=C(C)[C@@H](OC(=O)[C@H](OC(=O)C4CCN(c5ncnc(N6CCN(Cc7ccc(-n8c(-c9cc(C(C)C)c(O)cc9O)n[nH]c8=O)cc7)CC6)n5)CC4)[C@@H](CC(=O)OC(C)(C)C)c4ccccc4)C[C@@](O)([C@@H](OC(=O)c4ccccc4)[C@H]21)C3(C)C. The van der Waals surface area contributed by atoms with Crippen LogP contribution < -0.4 is 15.5 Å². The number of aliphatic hydroxyl groups excluding tert-OH is 2. The van der Waals surface area contributed by atoms with Gasteiger partial charge in [-0.3, -0.25) is 24.1 Å². The van der Waals surface area contributed by atoms with Gasteiger partial charge in [-0.1, -0.05) is 88.4 Å². The molecule has 6 aromatic rings. The fourth-order valence-electron chi connectivity index (χ4n) is 16.1. The van der Waals surface area contributed by atoms with E-state index < -0.39 is 136 Å². The van der Waals surface area contributed by atoms with Gasteiger partial charge in [0.05, 0.1) is 53.2 Å². The first-order valence-corrected chi connectivity index (χ1v) is 34.7. The average molecular weight is 1400 g/mol. The minimum atomic E-state index is -2.46. The molecule has 0 unspecified atom stereocenters. The van der Waals surface area contributed by atoms with Crippen LogP contribution in [-0.4, -0.2) is 195 Å². The zero-order valence-electron chi connectivity index (χ0n) is 58.9. The van der Waals surface area contributed by atoms with Crippen LogP contribution in [0, 0.1) is 22.7 Å². The van der Waals surface area contributed by atoms with Crippen molar-refractivity contribution in [1.82, 2.24) is 34.6 Å². The smallest absolute Gasteiger partial charge is 0.348 e. The zero-order valence-corrected chi connectivity index (χ0v) is 58.9. The van der Waals surface area contributed by atoms with Crippen molar-refractivity contribution in [2.75, 3.05) is 55.7 Å². The lowest BCUT2D eigenvalue weighted by Crippen LogP contribution is -2.81. The van der Waals surface area contributed by atoms with Gasteiger partial charge in [0.15, 0.2) is 17.2 Å². The molecule has 5 fully saturated rings. The highest BCUT2D eigenvalue weighted by Gasteiger charge is 2.78. The maximum atomic E-state index is 15.7. The van der Waals surface area contributed by atoms with E-state index >= 15 is 9.59 Å². The number of hydrogen-bond donors (Lipinski definition) is 6. The second kappa shape index (κ2) is 28.1. The Morgan fingerprint density at radius 1 is 0.814 bits per heavy atom. The Kier molecular flexibility index (Phi) is 19.9. The first-order chi connectivity index (χ1) is 48.3. The number of esters is 5. The molecule has 2 saturated carbocycles. The predicted octanol–water partition coefficient (Wildman–Crippen LogP) is 6.56. The maximum Gasteiger partial charge on any atom is 0.348 e. The number of piperidine rings is 1. The zero-order chi connectivity index (χ0) is 73.1. The highest BCUT2D eigenvalue weighted by Crippen LogP contribution is 2.64. The van der Waals surface area contributed by atoms with Crippen LogP contribution in [0.3, 0.4) is 0 Å². The van der Waals surface area contributed by atoms with E-state index in [2.05, 4.69) is 30.0 Å². The summed E-state index contributed by atoms with van der Waals surface area (Å²) >= 11 is 0. The molecule has 3 aliphatic carbocycles. The van der Waals surface area contributed by atoms with Gasteiger partial charge in [-0.25, -0.2) is 34.0 Å². The van der Waals surface area contributed by atoms with Gasteiger partial charge in [0.1, 0.15) is 53.4 Å². The van der Waals surface area contributed by atoms with Crippen molar-refractivity contribution in [3.8, 4) is 28.6 Å². The van der Waals surface area contributed by atoms with Gasteiger partial charge in [-0.15, -0.1) is 0 Å². The molecule has 6 N–H and O–H groups in total. The van der Waals surface area contributed by atoms with Crippen LogP contribution in [0.2, 0.25) is 0 Å². The number of rotatable bonds is 18. The fraction of sp³-hybridized carbons (Fsp3) is 0.507. The summed E-state index contributed by atoms with van der Waals surface area (Å²) in [7, 11) is 0.